The Morgan fingerprint density at radius 3 is 2.38 bits per heavy atom. The van der Waals surface area contributed by atoms with Gasteiger partial charge in [-0.3, -0.25) is 10.1 Å². The topological polar surface area (TPSA) is 110 Å². The second kappa shape index (κ2) is 11.8. The van der Waals surface area contributed by atoms with Crippen LogP contribution in [0.3, 0.4) is 0 Å². The first-order chi connectivity index (χ1) is 17.8. The fraction of sp³-hybridized carbons (Fsp3) is 0.296. The van der Waals surface area contributed by atoms with Crippen molar-refractivity contribution < 1.29 is 17.6 Å². The Labute approximate surface area is 220 Å². The Bertz CT molecular complexity index is 1530. The number of fused-ring (bicyclic) bond motifs is 1. The van der Waals surface area contributed by atoms with Crippen molar-refractivity contribution in [1.29, 1.82) is 0 Å². The highest BCUT2D eigenvalue weighted by atomic mass is 32.2. The Balaban J connectivity index is 1.48. The summed E-state index contributed by atoms with van der Waals surface area (Å²) < 4.78 is 33.2. The SMILES string of the molecule is CCCCN(CCCC)S(=O)(=O)c1ccc(C(=O)Nc2nc(-c3cc4ccccc4oc3=O)cs2)cc1. The van der Waals surface area contributed by atoms with Crippen LogP contribution in [0.2, 0.25) is 0 Å². The fourth-order valence-corrected chi connectivity index (χ4v) is 6.04. The summed E-state index contributed by atoms with van der Waals surface area (Å²) >= 11 is 1.18. The van der Waals surface area contributed by atoms with Crippen molar-refractivity contribution in [3.63, 3.8) is 0 Å². The first-order valence-electron chi connectivity index (χ1n) is 12.2. The zero-order chi connectivity index (χ0) is 26.4. The molecule has 10 heteroatoms. The number of sulfonamides is 1. The van der Waals surface area contributed by atoms with Crippen LogP contribution < -0.4 is 10.9 Å². The van der Waals surface area contributed by atoms with E-state index in [1.807, 2.05) is 26.0 Å². The number of unbranched alkanes of at least 4 members (excludes halogenated alkanes) is 2. The third kappa shape index (κ3) is 6.15. The molecule has 0 saturated heterocycles. The average molecular weight is 540 g/mol. The Hall–Kier alpha value is -3.34. The lowest BCUT2D eigenvalue weighted by Crippen LogP contribution is -2.33. The largest absolute Gasteiger partial charge is 0.422 e. The first-order valence-corrected chi connectivity index (χ1v) is 14.6. The maximum atomic E-state index is 13.1. The predicted molar refractivity (Wildman–Crippen MR) is 147 cm³/mol. The van der Waals surface area contributed by atoms with Gasteiger partial charge in [0.15, 0.2) is 5.13 Å². The quantitative estimate of drug-likeness (QED) is 0.243. The molecule has 0 fully saturated rings. The van der Waals surface area contributed by atoms with Gasteiger partial charge in [0.1, 0.15) is 5.58 Å². The van der Waals surface area contributed by atoms with Gasteiger partial charge in [0.25, 0.3) is 5.91 Å². The molecular formula is C27H29N3O5S2. The lowest BCUT2D eigenvalue weighted by atomic mass is 10.1. The maximum Gasteiger partial charge on any atom is 0.345 e. The van der Waals surface area contributed by atoms with E-state index in [-0.39, 0.29) is 4.90 Å². The summed E-state index contributed by atoms with van der Waals surface area (Å²) in [5.74, 6) is -0.427. The fourth-order valence-electron chi connectivity index (χ4n) is 3.81. The minimum absolute atomic E-state index is 0.163. The number of thiazole rings is 1. The highest BCUT2D eigenvalue weighted by Gasteiger charge is 2.24. The summed E-state index contributed by atoms with van der Waals surface area (Å²) in [7, 11) is -3.64. The molecule has 0 radical (unpaired) electrons. The van der Waals surface area contributed by atoms with E-state index in [2.05, 4.69) is 10.3 Å². The molecule has 0 atom stereocenters. The Morgan fingerprint density at radius 1 is 1.03 bits per heavy atom. The zero-order valence-electron chi connectivity index (χ0n) is 20.8. The molecule has 0 bridgehead atoms. The number of carbonyl (C=O) groups excluding carboxylic acids is 1. The number of nitrogens with one attached hydrogen (secondary N) is 1. The van der Waals surface area contributed by atoms with E-state index in [9.17, 15) is 18.0 Å². The highest BCUT2D eigenvalue weighted by Crippen LogP contribution is 2.26. The number of para-hydroxylation sites is 1. The van der Waals surface area contributed by atoms with Gasteiger partial charge in [-0.1, -0.05) is 44.9 Å². The van der Waals surface area contributed by atoms with Crippen LogP contribution >= 0.6 is 11.3 Å². The van der Waals surface area contributed by atoms with Crippen LogP contribution in [0.25, 0.3) is 22.2 Å². The molecule has 37 heavy (non-hydrogen) atoms. The summed E-state index contributed by atoms with van der Waals surface area (Å²) in [5, 5.41) is 5.48. The molecule has 0 aliphatic carbocycles. The van der Waals surface area contributed by atoms with Crippen molar-refractivity contribution in [2.45, 2.75) is 44.4 Å². The minimum Gasteiger partial charge on any atom is -0.422 e. The maximum absolute atomic E-state index is 13.1. The van der Waals surface area contributed by atoms with Crippen molar-refractivity contribution in [2.75, 3.05) is 18.4 Å². The van der Waals surface area contributed by atoms with Gasteiger partial charge in [0.2, 0.25) is 10.0 Å². The predicted octanol–water partition coefficient (Wildman–Crippen LogP) is 5.76. The van der Waals surface area contributed by atoms with Gasteiger partial charge < -0.3 is 4.42 Å². The second-order valence-electron chi connectivity index (χ2n) is 8.61. The number of hydrogen-bond donors (Lipinski definition) is 1. The van der Waals surface area contributed by atoms with E-state index in [1.54, 1.807) is 23.6 Å². The Kier molecular flexibility index (Phi) is 8.52. The summed E-state index contributed by atoms with van der Waals surface area (Å²) in [6.07, 6.45) is 3.39. The summed E-state index contributed by atoms with van der Waals surface area (Å²) in [5.41, 5.74) is 0.991. The van der Waals surface area contributed by atoms with Gasteiger partial charge in [-0.2, -0.15) is 4.31 Å². The molecule has 4 rings (SSSR count). The van der Waals surface area contributed by atoms with Gasteiger partial charge in [-0.15, -0.1) is 11.3 Å². The number of aromatic nitrogens is 1. The van der Waals surface area contributed by atoms with Crippen LogP contribution in [0.15, 0.2) is 74.1 Å². The molecule has 0 unspecified atom stereocenters. The van der Waals surface area contributed by atoms with Crippen LogP contribution in [0, 0.1) is 0 Å². The van der Waals surface area contributed by atoms with Crippen molar-refractivity contribution in [1.82, 2.24) is 9.29 Å². The van der Waals surface area contributed by atoms with Crippen molar-refractivity contribution in [2.24, 2.45) is 0 Å². The van der Waals surface area contributed by atoms with Crippen LogP contribution in [0.4, 0.5) is 5.13 Å². The van der Waals surface area contributed by atoms with E-state index in [1.165, 1.54) is 39.9 Å². The van der Waals surface area contributed by atoms with Gasteiger partial charge in [0.05, 0.1) is 16.2 Å². The molecule has 1 amide bonds. The normalized spacial score (nSPS) is 11.8. The van der Waals surface area contributed by atoms with Crippen molar-refractivity contribution in [3.8, 4) is 11.3 Å². The number of rotatable bonds is 11. The van der Waals surface area contributed by atoms with Crippen LogP contribution in [-0.2, 0) is 10.0 Å². The van der Waals surface area contributed by atoms with Crippen molar-refractivity contribution >= 4 is 43.4 Å². The molecule has 2 heterocycles. The van der Waals surface area contributed by atoms with E-state index in [0.717, 1.165) is 31.1 Å². The molecule has 0 aliphatic heterocycles. The molecule has 1 N–H and O–H groups in total. The van der Waals surface area contributed by atoms with E-state index in [0.29, 0.717) is 40.6 Å². The monoisotopic (exact) mass is 539 g/mol. The summed E-state index contributed by atoms with van der Waals surface area (Å²) in [4.78, 5) is 29.8. The van der Waals surface area contributed by atoms with Crippen LogP contribution in [-0.4, -0.2) is 36.7 Å². The lowest BCUT2D eigenvalue weighted by molar-refractivity contribution is 0.102. The second-order valence-corrected chi connectivity index (χ2v) is 11.4. The molecule has 194 valence electrons. The zero-order valence-corrected chi connectivity index (χ0v) is 22.4. The Morgan fingerprint density at radius 2 is 1.70 bits per heavy atom. The molecule has 0 aliphatic rings. The third-order valence-corrected chi connectivity index (χ3v) is 8.59. The number of carbonyl (C=O) groups is 1. The highest BCUT2D eigenvalue weighted by molar-refractivity contribution is 7.89. The first kappa shape index (κ1) is 26.7. The number of benzene rings is 2. The smallest absolute Gasteiger partial charge is 0.345 e. The molecule has 0 saturated carbocycles. The van der Waals surface area contributed by atoms with Gasteiger partial charge in [-0.05, 0) is 49.2 Å². The van der Waals surface area contributed by atoms with Gasteiger partial charge in [0, 0.05) is 29.4 Å². The van der Waals surface area contributed by atoms with Crippen LogP contribution in [0.1, 0.15) is 49.9 Å². The number of amides is 1. The molecule has 8 nitrogen and oxygen atoms in total. The molecule has 0 spiro atoms. The molecule has 4 aromatic rings. The molecule has 2 aromatic carbocycles. The minimum atomic E-state index is -3.64. The van der Waals surface area contributed by atoms with E-state index >= 15 is 0 Å². The van der Waals surface area contributed by atoms with Gasteiger partial charge >= 0.3 is 5.63 Å². The number of hydrogen-bond acceptors (Lipinski definition) is 7. The third-order valence-electron chi connectivity index (χ3n) is 5.92. The van der Waals surface area contributed by atoms with Gasteiger partial charge in [-0.25, -0.2) is 18.2 Å². The lowest BCUT2D eigenvalue weighted by Gasteiger charge is -2.22. The van der Waals surface area contributed by atoms with Crippen LogP contribution in [0.5, 0.6) is 0 Å². The molecule has 2 aromatic heterocycles. The van der Waals surface area contributed by atoms with E-state index < -0.39 is 21.6 Å². The number of nitrogens with zero attached hydrogens (tertiary/aromatic N) is 2. The molecular weight excluding hydrogens is 510 g/mol. The van der Waals surface area contributed by atoms with E-state index in [4.69, 9.17) is 4.42 Å². The summed E-state index contributed by atoms with van der Waals surface area (Å²) in [6.45, 7) is 5.01. The number of anilines is 1. The average Bonchev–Trinajstić information content (AvgIpc) is 3.36. The standard InChI is InChI=1S/C27H29N3O5S2/c1-3-5-15-30(16-6-4-2)37(33,34)21-13-11-19(12-14-21)25(31)29-27-28-23(18-36-27)22-17-20-9-7-8-10-24(20)35-26(22)32/h7-14,17-18H,3-6,15-16H2,1-2H3,(H,28,29,31). The van der Waals surface area contributed by atoms with Crippen molar-refractivity contribution in [3.05, 3.63) is 76.0 Å². The summed E-state index contributed by atoms with van der Waals surface area (Å²) in [6, 6.07) is 14.8.